The fourth-order valence-corrected chi connectivity index (χ4v) is 4.40. The third-order valence-corrected chi connectivity index (χ3v) is 6.68. The Hall–Kier alpha value is -4.01. The van der Waals surface area contributed by atoms with Crippen LogP contribution in [-0.4, -0.2) is 37.8 Å². The van der Waals surface area contributed by atoms with E-state index < -0.39 is 11.3 Å². The van der Waals surface area contributed by atoms with Gasteiger partial charge in [0.25, 0.3) is 5.92 Å². The van der Waals surface area contributed by atoms with E-state index in [-0.39, 0.29) is 18.1 Å². The second kappa shape index (κ2) is 8.89. The van der Waals surface area contributed by atoms with Crippen LogP contribution in [0.5, 0.6) is 0 Å². The molecule has 3 aromatic heterocycles. The Morgan fingerprint density at radius 1 is 1.06 bits per heavy atom. The normalized spacial score (nSPS) is 14.5. The maximum Gasteiger partial charge on any atom is 0.316 e. The summed E-state index contributed by atoms with van der Waals surface area (Å²) in [5.41, 5.74) is 4.75. The van der Waals surface area contributed by atoms with Crippen molar-refractivity contribution in [3.8, 4) is 22.4 Å². The van der Waals surface area contributed by atoms with E-state index in [1.807, 2.05) is 36.4 Å². The van der Waals surface area contributed by atoms with Gasteiger partial charge in [-0.25, -0.2) is 4.98 Å². The van der Waals surface area contributed by atoms with Gasteiger partial charge in [0.05, 0.1) is 42.0 Å². The first-order valence-electron chi connectivity index (χ1n) is 11.6. The van der Waals surface area contributed by atoms with Crippen LogP contribution in [0.15, 0.2) is 61.2 Å². The van der Waals surface area contributed by atoms with Gasteiger partial charge in [-0.3, -0.25) is 19.4 Å². The minimum Gasteiger partial charge on any atom is -0.468 e. The Morgan fingerprint density at radius 3 is 2.39 bits per heavy atom. The summed E-state index contributed by atoms with van der Waals surface area (Å²) < 4.78 is 34.1. The van der Waals surface area contributed by atoms with Crippen LogP contribution >= 0.6 is 0 Å². The summed E-state index contributed by atoms with van der Waals surface area (Å²) in [7, 11) is 3.22. The third-order valence-electron chi connectivity index (χ3n) is 6.68. The van der Waals surface area contributed by atoms with Crippen LogP contribution < -0.4 is 0 Å². The number of benzene rings is 1. The van der Waals surface area contributed by atoms with Crippen molar-refractivity contribution in [1.29, 1.82) is 0 Å². The Morgan fingerprint density at radius 2 is 1.78 bits per heavy atom. The number of hydrogen-bond acceptors (Lipinski definition) is 6. The van der Waals surface area contributed by atoms with Gasteiger partial charge in [-0.15, -0.1) is 0 Å². The van der Waals surface area contributed by atoms with Crippen molar-refractivity contribution in [3.63, 3.8) is 0 Å². The van der Waals surface area contributed by atoms with E-state index in [0.29, 0.717) is 11.4 Å². The Kier molecular flexibility index (Phi) is 5.86. The number of carbonyl (C=O) groups is 1. The van der Waals surface area contributed by atoms with Crippen LogP contribution in [-0.2, 0) is 34.3 Å². The molecule has 0 radical (unpaired) electrons. The second-order valence-electron chi connectivity index (χ2n) is 9.17. The van der Waals surface area contributed by atoms with Crippen LogP contribution in [0.4, 0.5) is 8.78 Å². The fraction of sp³-hybridized carbons (Fsp3) is 0.296. The maximum absolute atomic E-state index is 13.7. The molecule has 1 saturated carbocycles. The zero-order chi connectivity index (χ0) is 25.5. The number of halogens is 2. The maximum atomic E-state index is 13.7. The van der Waals surface area contributed by atoms with Crippen LogP contribution in [0, 0.1) is 0 Å². The molecule has 0 spiro atoms. The van der Waals surface area contributed by atoms with E-state index in [9.17, 15) is 13.6 Å². The van der Waals surface area contributed by atoms with E-state index in [0.717, 1.165) is 53.9 Å². The molecule has 3 heterocycles. The van der Waals surface area contributed by atoms with Gasteiger partial charge < -0.3 is 4.74 Å². The van der Waals surface area contributed by atoms with Crippen molar-refractivity contribution in [3.05, 3.63) is 83.8 Å². The highest BCUT2D eigenvalue weighted by molar-refractivity contribution is 5.86. The van der Waals surface area contributed by atoms with E-state index >= 15 is 0 Å². The number of aryl methyl sites for hydroxylation is 1. The lowest BCUT2D eigenvalue weighted by molar-refractivity contribution is -0.143. The number of methoxy groups -OCH3 is 1. The monoisotopic (exact) mass is 489 g/mol. The molecular weight excluding hydrogens is 464 g/mol. The molecule has 1 fully saturated rings. The molecule has 0 unspecified atom stereocenters. The molecule has 9 heteroatoms. The minimum absolute atomic E-state index is 0.186. The Bertz CT molecular complexity index is 1410. The number of pyridine rings is 1. The van der Waals surface area contributed by atoms with E-state index in [1.165, 1.54) is 13.3 Å². The van der Waals surface area contributed by atoms with Crippen LogP contribution in [0.3, 0.4) is 0 Å². The number of carbonyl (C=O) groups excluding carboxylic acids is 1. The van der Waals surface area contributed by atoms with Gasteiger partial charge in [0, 0.05) is 43.9 Å². The van der Waals surface area contributed by atoms with Crippen molar-refractivity contribution < 1.29 is 18.3 Å². The van der Waals surface area contributed by atoms with Gasteiger partial charge in [-0.1, -0.05) is 30.3 Å². The zero-order valence-corrected chi connectivity index (χ0v) is 20.2. The topological polar surface area (TPSA) is 82.8 Å². The van der Waals surface area contributed by atoms with Crippen LogP contribution in [0.2, 0.25) is 0 Å². The molecule has 0 atom stereocenters. The molecule has 36 heavy (non-hydrogen) atoms. The highest BCUT2D eigenvalue weighted by Crippen LogP contribution is 2.49. The predicted octanol–water partition coefficient (Wildman–Crippen LogP) is 4.85. The van der Waals surface area contributed by atoms with Crippen molar-refractivity contribution >= 4 is 5.97 Å². The van der Waals surface area contributed by atoms with Gasteiger partial charge in [-0.2, -0.15) is 13.9 Å². The Balaban J connectivity index is 1.38. The molecule has 0 saturated heterocycles. The predicted molar refractivity (Wildman–Crippen MR) is 129 cm³/mol. The van der Waals surface area contributed by atoms with Crippen LogP contribution in [0.25, 0.3) is 22.4 Å². The first kappa shape index (κ1) is 23.7. The number of nitrogens with zero attached hydrogens (tertiary/aromatic N) is 5. The lowest BCUT2D eigenvalue weighted by Gasteiger charge is -2.13. The second-order valence-corrected chi connectivity index (χ2v) is 9.17. The number of ether oxygens (including phenoxy) is 1. The molecule has 5 rings (SSSR count). The largest absolute Gasteiger partial charge is 0.468 e. The molecule has 1 aromatic carbocycles. The Labute approximate surface area is 207 Å². The number of alkyl halides is 2. The fourth-order valence-electron chi connectivity index (χ4n) is 4.40. The summed E-state index contributed by atoms with van der Waals surface area (Å²) in [5, 5.41) is 4.34. The van der Waals surface area contributed by atoms with E-state index in [4.69, 9.17) is 4.74 Å². The summed E-state index contributed by atoms with van der Waals surface area (Å²) in [6, 6.07) is 11.8. The highest BCUT2D eigenvalue weighted by Gasteiger charge is 2.52. The lowest BCUT2D eigenvalue weighted by Crippen LogP contribution is -2.21. The molecule has 0 amide bonds. The van der Waals surface area contributed by atoms with E-state index in [1.54, 1.807) is 24.1 Å². The van der Waals surface area contributed by atoms with Crippen molar-refractivity contribution in [2.75, 3.05) is 7.11 Å². The van der Waals surface area contributed by atoms with Crippen LogP contribution in [0.1, 0.15) is 42.4 Å². The van der Waals surface area contributed by atoms with Gasteiger partial charge in [0.2, 0.25) is 0 Å². The standard InChI is InChI=1S/C27H25F2N5O2/c1-26(28,29)24-16-30-14-20(33-24)12-23-21(15-32-34(23)2)22-9-6-18(13-31-22)17-4-7-19(8-5-17)27(10-11-27)25(35)36-3/h4-9,13-16H,10-12H2,1-3H3. The van der Waals surface area contributed by atoms with Crippen molar-refractivity contribution in [1.82, 2.24) is 24.7 Å². The highest BCUT2D eigenvalue weighted by atomic mass is 19.3. The molecule has 1 aliphatic rings. The number of esters is 1. The average molecular weight is 490 g/mol. The first-order valence-corrected chi connectivity index (χ1v) is 11.6. The zero-order valence-electron chi connectivity index (χ0n) is 20.2. The van der Waals surface area contributed by atoms with Crippen molar-refractivity contribution in [2.45, 2.75) is 37.5 Å². The molecule has 0 N–H and O–H groups in total. The molecule has 0 aliphatic heterocycles. The smallest absolute Gasteiger partial charge is 0.316 e. The molecule has 184 valence electrons. The van der Waals surface area contributed by atoms with Gasteiger partial charge in [0.1, 0.15) is 5.69 Å². The minimum atomic E-state index is -3.06. The number of rotatable bonds is 7. The van der Waals surface area contributed by atoms with E-state index in [2.05, 4.69) is 20.1 Å². The van der Waals surface area contributed by atoms with Gasteiger partial charge in [0.15, 0.2) is 0 Å². The average Bonchev–Trinajstić information content (AvgIpc) is 3.62. The summed E-state index contributed by atoms with van der Waals surface area (Å²) >= 11 is 0. The number of aromatic nitrogens is 5. The summed E-state index contributed by atoms with van der Waals surface area (Å²) in [5.74, 6) is -3.25. The molecular formula is C27H25F2N5O2. The quantitative estimate of drug-likeness (QED) is 0.345. The third kappa shape index (κ3) is 4.36. The molecule has 7 nitrogen and oxygen atoms in total. The SMILES string of the molecule is COC(=O)C1(c2ccc(-c3ccc(-c4cnn(C)c4Cc4cncc(C(C)(F)F)n4)nc3)cc2)CC1. The molecule has 4 aromatic rings. The van der Waals surface area contributed by atoms with Gasteiger partial charge >= 0.3 is 5.97 Å². The number of hydrogen-bond donors (Lipinski definition) is 0. The molecule has 1 aliphatic carbocycles. The first-order chi connectivity index (χ1) is 17.2. The summed E-state index contributed by atoms with van der Waals surface area (Å²) in [6.45, 7) is 0.804. The van der Waals surface area contributed by atoms with Crippen molar-refractivity contribution in [2.24, 2.45) is 7.05 Å². The summed E-state index contributed by atoms with van der Waals surface area (Å²) in [4.78, 5) is 24.8. The van der Waals surface area contributed by atoms with Gasteiger partial charge in [-0.05, 0) is 30.0 Å². The molecule has 0 bridgehead atoms. The summed E-state index contributed by atoms with van der Waals surface area (Å²) in [6.07, 6.45) is 7.96. The lowest BCUT2D eigenvalue weighted by atomic mass is 9.94.